The van der Waals surface area contributed by atoms with Crippen LogP contribution in [0, 0.1) is 10.8 Å². The molecule has 78 valence electrons. The smallest absolute Gasteiger partial charge is 0.370 e. The molecule has 0 fully saturated rings. The van der Waals surface area contributed by atoms with Gasteiger partial charge in [0.1, 0.15) is 0 Å². The number of hydrogen-bond donors (Lipinski definition) is 6. The molecule has 0 aromatic heterocycles. The number of amidine groups is 1. The third-order valence-corrected chi connectivity index (χ3v) is 0.963. The van der Waals surface area contributed by atoms with Crippen LogP contribution in [0.1, 0.15) is 0 Å². The maximum atomic E-state index is 8.74. The molecule has 0 aromatic carbocycles. The summed E-state index contributed by atoms with van der Waals surface area (Å²) in [5.74, 6) is -0.190. The third kappa shape index (κ3) is 35.2. The van der Waals surface area contributed by atoms with Gasteiger partial charge in [-0.2, -0.15) is 8.42 Å². The van der Waals surface area contributed by atoms with Crippen LogP contribution in [0.5, 0.6) is 0 Å². The summed E-state index contributed by atoms with van der Waals surface area (Å²) in [5, 5.41) is 16.0. The Morgan fingerprint density at radius 2 is 1.77 bits per heavy atom. The molecule has 0 bridgehead atoms. The van der Waals surface area contributed by atoms with Gasteiger partial charge in [-0.1, -0.05) is 11.8 Å². The van der Waals surface area contributed by atoms with Gasteiger partial charge in [0.25, 0.3) is 0 Å². The first kappa shape index (κ1) is 14.7. The molecule has 0 spiro atoms. The molecule has 0 saturated heterocycles. The highest BCUT2D eigenvalue weighted by Gasteiger charge is 1.90. The fourth-order valence-electron chi connectivity index (χ4n) is 0.173. The van der Waals surface area contributed by atoms with Gasteiger partial charge in [-0.25, -0.2) is 0 Å². The summed E-state index contributed by atoms with van der Waals surface area (Å²) in [6, 6.07) is 0. The molecule has 13 heavy (non-hydrogen) atoms. The fraction of sp³-hybridized carbons (Fsp3) is 0.333. The van der Waals surface area contributed by atoms with E-state index in [1.807, 2.05) is 0 Å². The molecule has 10 heteroatoms. The van der Waals surface area contributed by atoms with Crippen molar-refractivity contribution < 1.29 is 17.5 Å². The number of nitrogens with two attached hydrogens (primary N) is 1. The van der Waals surface area contributed by atoms with Crippen molar-refractivity contribution in [2.24, 2.45) is 5.73 Å². The number of rotatable bonds is 0. The maximum Gasteiger partial charge on any atom is 0.394 e. The number of hydrogen-bond acceptors (Lipinski definition) is 5. The van der Waals surface area contributed by atoms with Crippen molar-refractivity contribution in [1.29, 1.82) is 10.8 Å². The van der Waals surface area contributed by atoms with Crippen LogP contribution in [0.2, 0.25) is 0 Å². The van der Waals surface area contributed by atoms with Crippen LogP contribution in [0.3, 0.4) is 0 Å². The summed E-state index contributed by atoms with van der Waals surface area (Å²) in [6.45, 7) is 0. The Kier molecular flexibility index (Phi) is 7.51. The third-order valence-electron chi connectivity index (χ3n) is 0.452. The number of nitrogens with one attached hydrogen (secondary N) is 3. The maximum absolute atomic E-state index is 8.74. The van der Waals surface area contributed by atoms with E-state index in [-0.39, 0.29) is 11.1 Å². The Morgan fingerprint density at radius 1 is 1.46 bits per heavy atom. The lowest BCUT2D eigenvalue weighted by molar-refractivity contribution is 0.381. The molecule has 0 atom stereocenters. The first-order valence-electron chi connectivity index (χ1n) is 2.60. The molecular weight excluding hydrogens is 220 g/mol. The normalized spacial score (nSPS) is 9.46. The zero-order valence-electron chi connectivity index (χ0n) is 6.60. The van der Waals surface area contributed by atoms with Gasteiger partial charge < -0.3 is 11.1 Å². The van der Waals surface area contributed by atoms with E-state index in [1.54, 1.807) is 6.26 Å². The minimum atomic E-state index is -4.67. The second-order valence-electron chi connectivity index (χ2n) is 1.52. The Morgan fingerprint density at radius 3 is 1.85 bits per heavy atom. The Bertz CT molecular complexity index is 265. The molecule has 0 heterocycles. The topological polar surface area (TPSA) is 160 Å². The summed E-state index contributed by atoms with van der Waals surface area (Å²) in [5.41, 5.74) is 4.89. The minimum absolute atomic E-state index is 0.190. The molecule has 0 rings (SSSR count). The van der Waals surface area contributed by atoms with Gasteiger partial charge in [-0.3, -0.25) is 19.9 Å². The van der Waals surface area contributed by atoms with Gasteiger partial charge in [-0.15, -0.1) is 0 Å². The molecule has 0 saturated carbocycles. The van der Waals surface area contributed by atoms with Gasteiger partial charge in [0.05, 0.1) is 0 Å². The van der Waals surface area contributed by atoms with Gasteiger partial charge in [0, 0.05) is 0 Å². The molecular formula is C3H10N4O4S2. The van der Waals surface area contributed by atoms with E-state index in [9.17, 15) is 0 Å². The van der Waals surface area contributed by atoms with Gasteiger partial charge in [-0.05, 0) is 6.26 Å². The van der Waals surface area contributed by atoms with Crippen molar-refractivity contribution >= 4 is 33.3 Å². The molecule has 0 aromatic rings. The standard InChI is InChI=1S/C3H8N4S.H2O4S/c1-8-3(6)7-2(4)5;1-5(2,3)4/h1H3,(H5,4,5,6,7);(H2,1,2,3,4). The summed E-state index contributed by atoms with van der Waals surface area (Å²) in [6.07, 6.45) is 1.73. The van der Waals surface area contributed by atoms with Gasteiger partial charge in [0.15, 0.2) is 11.1 Å². The summed E-state index contributed by atoms with van der Waals surface area (Å²) >= 11 is 1.20. The fourth-order valence-corrected chi connectivity index (χ4v) is 0.385. The largest absolute Gasteiger partial charge is 0.394 e. The second kappa shape index (κ2) is 6.65. The zero-order valence-corrected chi connectivity index (χ0v) is 8.24. The van der Waals surface area contributed by atoms with Crippen LogP contribution < -0.4 is 11.1 Å². The number of thioether (sulfide) groups is 1. The van der Waals surface area contributed by atoms with E-state index in [1.165, 1.54) is 11.8 Å². The molecule has 0 aliphatic rings. The van der Waals surface area contributed by atoms with Crippen LogP contribution in [-0.4, -0.2) is 34.9 Å². The van der Waals surface area contributed by atoms with Gasteiger partial charge >= 0.3 is 10.4 Å². The van der Waals surface area contributed by atoms with E-state index in [4.69, 9.17) is 34.1 Å². The molecule has 0 aliphatic heterocycles. The Hall–Kier alpha value is -0.840. The number of guanidine groups is 1. The molecule has 0 aliphatic carbocycles. The highest BCUT2D eigenvalue weighted by Crippen LogP contribution is 1.87. The lowest BCUT2D eigenvalue weighted by atomic mass is 11.0. The molecule has 0 unspecified atom stereocenters. The summed E-state index contributed by atoms with van der Waals surface area (Å²) < 4.78 is 31.6. The van der Waals surface area contributed by atoms with Crippen molar-refractivity contribution in [3.63, 3.8) is 0 Å². The quantitative estimate of drug-likeness (QED) is 0.179. The lowest BCUT2D eigenvalue weighted by Gasteiger charge is -1.98. The van der Waals surface area contributed by atoms with Crippen LogP contribution in [0.4, 0.5) is 0 Å². The predicted molar refractivity (Wildman–Crippen MR) is 50.5 cm³/mol. The average Bonchev–Trinajstić information content (AvgIpc) is 1.82. The van der Waals surface area contributed by atoms with E-state index < -0.39 is 10.4 Å². The van der Waals surface area contributed by atoms with Crippen molar-refractivity contribution in [2.45, 2.75) is 0 Å². The Labute approximate surface area is 79.5 Å². The van der Waals surface area contributed by atoms with Crippen molar-refractivity contribution in [3.8, 4) is 0 Å². The SMILES string of the molecule is CSC(=N)NC(=N)N.O=S(=O)(O)O. The monoisotopic (exact) mass is 230 g/mol. The molecule has 0 amide bonds. The lowest BCUT2D eigenvalue weighted by Crippen LogP contribution is -2.33. The van der Waals surface area contributed by atoms with E-state index in [0.29, 0.717) is 0 Å². The minimum Gasteiger partial charge on any atom is -0.370 e. The first-order valence-corrected chi connectivity index (χ1v) is 5.22. The van der Waals surface area contributed by atoms with Crippen LogP contribution in [0.25, 0.3) is 0 Å². The average molecular weight is 230 g/mol. The highest BCUT2D eigenvalue weighted by molar-refractivity contribution is 8.13. The van der Waals surface area contributed by atoms with E-state index in [2.05, 4.69) is 5.32 Å². The summed E-state index contributed by atoms with van der Waals surface area (Å²) in [4.78, 5) is 0. The van der Waals surface area contributed by atoms with E-state index in [0.717, 1.165) is 0 Å². The van der Waals surface area contributed by atoms with Crippen LogP contribution in [-0.2, 0) is 10.4 Å². The van der Waals surface area contributed by atoms with Gasteiger partial charge in [0.2, 0.25) is 0 Å². The molecule has 0 radical (unpaired) electrons. The molecule has 8 nitrogen and oxygen atoms in total. The van der Waals surface area contributed by atoms with Crippen molar-refractivity contribution in [3.05, 3.63) is 0 Å². The zero-order chi connectivity index (χ0) is 11.1. The highest BCUT2D eigenvalue weighted by atomic mass is 32.3. The van der Waals surface area contributed by atoms with Crippen molar-refractivity contribution in [1.82, 2.24) is 5.32 Å². The van der Waals surface area contributed by atoms with E-state index >= 15 is 0 Å². The Balaban J connectivity index is 0. The van der Waals surface area contributed by atoms with Crippen LogP contribution >= 0.6 is 11.8 Å². The van der Waals surface area contributed by atoms with Crippen LogP contribution in [0.15, 0.2) is 0 Å². The predicted octanol–water partition coefficient (Wildman–Crippen LogP) is -0.886. The first-order chi connectivity index (χ1) is 5.66. The summed E-state index contributed by atoms with van der Waals surface area (Å²) in [7, 11) is -4.67. The van der Waals surface area contributed by atoms with Crippen molar-refractivity contribution in [2.75, 3.05) is 6.26 Å². The second-order valence-corrected chi connectivity index (χ2v) is 3.23. The molecule has 7 N–H and O–H groups in total.